The van der Waals surface area contributed by atoms with E-state index in [4.69, 9.17) is 15.0 Å². The van der Waals surface area contributed by atoms with Crippen LogP contribution < -0.4 is 4.98 Å². The van der Waals surface area contributed by atoms with Gasteiger partial charge >= 0.3 is 21.1 Å². The van der Waals surface area contributed by atoms with Crippen LogP contribution >= 0.6 is 0 Å². The van der Waals surface area contributed by atoms with Gasteiger partial charge in [0.1, 0.15) is 0 Å². The average Bonchev–Trinajstić information content (AvgIpc) is 3.37. The molecule has 0 N–H and O–H groups in total. The molecular formula is C44H49N3Pt. The van der Waals surface area contributed by atoms with Gasteiger partial charge in [-0.25, -0.2) is 0 Å². The third kappa shape index (κ3) is 6.68. The van der Waals surface area contributed by atoms with Crippen molar-refractivity contribution in [1.82, 2.24) is 15.0 Å². The molecule has 4 heteroatoms. The predicted octanol–water partition coefficient (Wildman–Crippen LogP) is 11.7. The maximum absolute atomic E-state index is 5.54. The van der Waals surface area contributed by atoms with Crippen molar-refractivity contribution in [2.24, 2.45) is 0 Å². The van der Waals surface area contributed by atoms with Gasteiger partial charge in [-0.15, -0.1) is 34.3 Å². The Hall–Kier alpha value is -3.55. The van der Waals surface area contributed by atoms with Gasteiger partial charge in [0, 0.05) is 18.1 Å². The molecule has 0 saturated heterocycles. The minimum atomic E-state index is -0.136. The maximum Gasteiger partial charge on any atom is 2.00 e. The van der Waals surface area contributed by atoms with E-state index in [1.807, 2.05) is 24.5 Å². The van der Waals surface area contributed by atoms with Gasteiger partial charge < -0.3 is 4.98 Å². The van der Waals surface area contributed by atoms with E-state index in [-0.39, 0.29) is 42.7 Å². The number of nitrogens with zero attached hydrogens (tertiary/aromatic N) is 3. The summed E-state index contributed by atoms with van der Waals surface area (Å²) in [5.74, 6) is 0. The van der Waals surface area contributed by atoms with Crippen LogP contribution in [0.25, 0.3) is 55.4 Å². The van der Waals surface area contributed by atoms with E-state index < -0.39 is 0 Å². The monoisotopic (exact) mass is 814 g/mol. The number of hydrogen-bond acceptors (Lipinski definition) is 2. The molecule has 0 aliphatic heterocycles. The van der Waals surface area contributed by atoms with E-state index in [0.717, 1.165) is 44.7 Å². The van der Waals surface area contributed by atoms with Gasteiger partial charge in [-0.1, -0.05) is 137 Å². The number of fused-ring (bicyclic) bond motifs is 3. The molecule has 0 amide bonds. The zero-order chi connectivity index (χ0) is 34.1. The molecule has 6 rings (SSSR count). The molecule has 3 aromatic heterocycles. The SMILES string of the molecule is CC(C)(C)c1cc(-c2ccccn2)c2[n-]c3c(-c4[c-]c(-c5ccccn5)c(C(C)(C)C)cc4C(C)(C)C)cc(C(C)(C)C)cc3c2c1.[Pt+2]. The Morgan fingerprint density at radius 1 is 0.500 bits per heavy atom. The van der Waals surface area contributed by atoms with Crippen molar-refractivity contribution in [2.45, 2.75) is 105 Å². The maximum atomic E-state index is 5.54. The number of pyridine rings is 2. The molecule has 0 saturated carbocycles. The third-order valence-corrected chi connectivity index (χ3v) is 9.29. The second-order valence-corrected chi connectivity index (χ2v) is 17.2. The Bertz CT molecular complexity index is 2090. The second kappa shape index (κ2) is 12.4. The normalized spacial score (nSPS) is 12.8. The summed E-state index contributed by atoms with van der Waals surface area (Å²) in [6, 6.07) is 28.1. The Labute approximate surface area is 302 Å². The summed E-state index contributed by atoms with van der Waals surface area (Å²) in [6.07, 6.45) is 3.75. The fourth-order valence-corrected chi connectivity index (χ4v) is 6.46. The van der Waals surface area contributed by atoms with Gasteiger partial charge in [0.2, 0.25) is 0 Å². The smallest absolute Gasteiger partial charge is 0.662 e. The largest absolute Gasteiger partial charge is 2.00 e. The van der Waals surface area contributed by atoms with Gasteiger partial charge in [0.25, 0.3) is 0 Å². The molecule has 0 atom stereocenters. The van der Waals surface area contributed by atoms with Crippen LogP contribution in [0.5, 0.6) is 0 Å². The summed E-state index contributed by atoms with van der Waals surface area (Å²) >= 11 is 0. The summed E-state index contributed by atoms with van der Waals surface area (Å²) < 4.78 is 0. The first-order valence-corrected chi connectivity index (χ1v) is 16.9. The molecule has 3 heterocycles. The molecule has 3 aromatic carbocycles. The van der Waals surface area contributed by atoms with E-state index in [0.29, 0.717) is 0 Å². The Morgan fingerprint density at radius 3 is 1.42 bits per heavy atom. The molecule has 0 unspecified atom stereocenters. The molecule has 0 fully saturated rings. The first-order chi connectivity index (χ1) is 21.8. The summed E-state index contributed by atoms with van der Waals surface area (Å²) in [6.45, 7) is 27.5. The van der Waals surface area contributed by atoms with Crippen LogP contribution in [-0.4, -0.2) is 9.97 Å². The van der Waals surface area contributed by atoms with Gasteiger partial charge in [-0.3, -0.25) is 9.97 Å². The third-order valence-electron chi connectivity index (χ3n) is 9.29. The molecule has 3 nitrogen and oxygen atoms in total. The van der Waals surface area contributed by atoms with Crippen LogP contribution in [-0.2, 0) is 42.7 Å². The number of rotatable bonds is 3. The first kappa shape index (κ1) is 35.7. The van der Waals surface area contributed by atoms with Crippen molar-refractivity contribution >= 4 is 21.8 Å². The zero-order valence-corrected chi connectivity index (χ0v) is 32.9. The van der Waals surface area contributed by atoms with Crippen LogP contribution in [0.3, 0.4) is 0 Å². The van der Waals surface area contributed by atoms with E-state index in [9.17, 15) is 0 Å². The summed E-state index contributed by atoms with van der Waals surface area (Å²) in [7, 11) is 0. The van der Waals surface area contributed by atoms with Gasteiger partial charge in [-0.05, 0) is 67.3 Å². The molecular weight excluding hydrogens is 766 g/mol. The molecule has 0 bridgehead atoms. The Morgan fingerprint density at radius 2 is 0.958 bits per heavy atom. The van der Waals surface area contributed by atoms with Crippen molar-refractivity contribution in [3.63, 3.8) is 0 Å². The van der Waals surface area contributed by atoms with Crippen LogP contribution in [0.4, 0.5) is 0 Å². The van der Waals surface area contributed by atoms with Gasteiger partial charge in [0.15, 0.2) is 0 Å². The fourth-order valence-electron chi connectivity index (χ4n) is 6.46. The zero-order valence-electron chi connectivity index (χ0n) is 30.7. The van der Waals surface area contributed by atoms with E-state index in [2.05, 4.69) is 144 Å². The van der Waals surface area contributed by atoms with Crippen molar-refractivity contribution in [3.05, 3.63) is 107 Å². The molecule has 0 aliphatic carbocycles. The number of hydrogen-bond donors (Lipinski definition) is 0. The van der Waals surface area contributed by atoms with Crippen LogP contribution in [0.1, 0.15) is 105 Å². The van der Waals surface area contributed by atoms with Crippen LogP contribution in [0.15, 0.2) is 79.1 Å². The molecule has 6 aromatic rings. The quantitative estimate of drug-likeness (QED) is 0.167. The molecule has 250 valence electrons. The Balaban J connectivity index is 0.00000451. The number of benzene rings is 3. The van der Waals surface area contributed by atoms with E-state index in [1.54, 1.807) is 0 Å². The standard InChI is InChI=1S/C44H49N3.Pt/c1-41(2,3)27-21-30(29-25-33(37-17-13-15-19-45-37)36(44(10,11)12)26-35(29)43(7,8)9)39-31(22-27)32-23-28(42(4,5)6)24-34(40(32)47-39)38-18-14-16-20-46-38;/h13-24,26H,1-12H3;/q-2;+2. The van der Waals surface area contributed by atoms with Crippen molar-refractivity contribution < 1.29 is 21.1 Å². The minimum Gasteiger partial charge on any atom is -0.662 e. The minimum absolute atomic E-state index is 0. The summed E-state index contributed by atoms with van der Waals surface area (Å²) in [5, 5.41) is 2.35. The topological polar surface area (TPSA) is 39.9 Å². The molecule has 0 spiro atoms. The van der Waals surface area contributed by atoms with Gasteiger partial charge in [0.05, 0.1) is 5.69 Å². The average molecular weight is 815 g/mol. The van der Waals surface area contributed by atoms with Crippen molar-refractivity contribution in [2.75, 3.05) is 0 Å². The van der Waals surface area contributed by atoms with Crippen molar-refractivity contribution in [3.8, 4) is 33.6 Å². The summed E-state index contributed by atoms with van der Waals surface area (Å²) in [5.41, 5.74) is 12.9. The van der Waals surface area contributed by atoms with E-state index >= 15 is 0 Å². The second-order valence-electron chi connectivity index (χ2n) is 17.2. The number of aromatic nitrogens is 3. The van der Waals surface area contributed by atoms with E-state index in [1.165, 1.54) is 33.0 Å². The van der Waals surface area contributed by atoms with Crippen LogP contribution in [0.2, 0.25) is 0 Å². The fraction of sp³-hybridized carbons (Fsp3) is 0.364. The summed E-state index contributed by atoms with van der Waals surface area (Å²) in [4.78, 5) is 15.2. The molecule has 48 heavy (non-hydrogen) atoms. The van der Waals surface area contributed by atoms with Crippen LogP contribution in [0, 0.1) is 6.07 Å². The van der Waals surface area contributed by atoms with Gasteiger partial charge in [-0.2, -0.15) is 5.52 Å². The predicted molar refractivity (Wildman–Crippen MR) is 200 cm³/mol. The van der Waals surface area contributed by atoms with Crippen molar-refractivity contribution in [1.29, 1.82) is 0 Å². The molecule has 0 aliphatic rings. The molecule has 0 radical (unpaired) electrons. The Kier molecular flexibility index (Phi) is 9.24. The first-order valence-electron chi connectivity index (χ1n) is 16.9.